The quantitative estimate of drug-likeness (QED) is 0.499. The van der Waals surface area contributed by atoms with Crippen LogP contribution in [0.3, 0.4) is 0 Å². The standard InChI is InChI=1S/C3H4.2ClH.2Hg/c1-3-2;;;;/h3H,1H3;2*1H;;/q;;;2*+1/p-2. The molecule has 0 aliphatic heterocycles. The van der Waals surface area contributed by atoms with Crippen LogP contribution in [0.15, 0.2) is 6.67 Å². The molecule has 4 heteroatoms. The van der Waals surface area contributed by atoms with Gasteiger partial charge in [0.1, 0.15) is 0 Å². The van der Waals surface area contributed by atoms with Crippen LogP contribution >= 0.6 is 16.5 Å². The second-order valence-corrected chi connectivity index (χ2v) is 30.2. The van der Waals surface area contributed by atoms with Crippen LogP contribution in [0.2, 0.25) is 0 Å². The van der Waals surface area contributed by atoms with Gasteiger partial charge in [-0.05, 0) is 0 Å². The van der Waals surface area contributed by atoms with Crippen LogP contribution in [-0.4, -0.2) is 0 Å². The maximum atomic E-state index is 5.69. The van der Waals surface area contributed by atoms with E-state index in [1.165, 1.54) is 0.591 Å². The Balaban J connectivity index is 3.38. The summed E-state index contributed by atoms with van der Waals surface area (Å²) in [5, 5.41) is 0. The molecule has 0 saturated heterocycles. The number of rotatable bonds is 2. The molecular weight excluding hydrogens is 508 g/mol. The van der Waals surface area contributed by atoms with E-state index >= 15 is 0 Å². The van der Waals surface area contributed by atoms with Gasteiger partial charge in [-0.1, -0.05) is 0 Å². The Labute approximate surface area is 75.4 Å². The van der Waals surface area contributed by atoms with Gasteiger partial charge in [-0.15, -0.1) is 0 Å². The number of halogens is 2. The van der Waals surface area contributed by atoms with E-state index in [2.05, 4.69) is 6.08 Å². The molecular formula is C3H4Cl2Hg2. The predicted molar refractivity (Wildman–Crippen MR) is 25.5 cm³/mol. The summed E-state index contributed by atoms with van der Waals surface area (Å²) in [6, 6.07) is 0. The predicted octanol–water partition coefficient (Wildman–Crippen LogP) is 2.32. The Kier molecular flexibility index (Phi) is 8.29. The molecule has 0 saturated carbocycles. The van der Waals surface area contributed by atoms with Crippen LogP contribution in [0, 0.1) is 0 Å². The SMILES string of the molecule is CC=[C]([Hg][Cl])[Hg][Cl]. The first-order valence-corrected chi connectivity index (χ1v) is 21.1. The van der Waals surface area contributed by atoms with Crippen molar-refractivity contribution in [3.63, 3.8) is 0 Å². The fraction of sp³-hybridized carbons (Fsp3) is 0.333. The van der Waals surface area contributed by atoms with E-state index < -0.39 is 46.7 Å². The van der Waals surface area contributed by atoms with E-state index in [0.29, 0.717) is 0 Å². The van der Waals surface area contributed by atoms with E-state index in [1.807, 2.05) is 6.92 Å². The number of allylic oxidation sites excluding steroid dienone is 1. The van der Waals surface area contributed by atoms with Crippen molar-refractivity contribution in [3.05, 3.63) is 6.67 Å². The summed E-state index contributed by atoms with van der Waals surface area (Å²) in [6.07, 6.45) is 2.13. The van der Waals surface area contributed by atoms with Gasteiger partial charge in [-0.2, -0.15) is 0 Å². The Bertz CT molecular complexity index is 65.3. The molecule has 0 aromatic carbocycles. The molecule has 0 atom stereocenters. The van der Waals surface area contributed by atoms with E-state index in [4.69, 9.17) is 16.5 Å². The van der Waals surface area contributed by atoms with Gasteiger partial charge in [0.05, 0.1) is 0 Å². The summed E-state index contributed by atoms with van der Waals surface area (Å²) >= 11 is -1.98. The first-order valence-electron chi connectivity index (χ1n) is 2.11. The Morgan fingerprint density at radius 2 is 1.86 bits per heavy atom. The van der Waals surface area contributed by atoms with Gasteiger partial charge in [-0.3, -0.25) is 0 Å². The topological polar surface area (TPSA) is 0 Å². The van der Waals surface area contributed by atoms with Gasteiger partial charge < -0.3 is 0 Å². The average molecular weight is 512 g/mol. The molecule has 0 aliphatic carbocycles. The summed E-state index contributed by atoms with van der Waals surface area (Å²) in [7, 11) is 11.4. The third kappa shape index (κ3) is 4.68. The van der Waals surface area contributed by atoms with Gasteiger partial charge >= 0.3 is 76.8 Å². The zero-order valence-electron chi connectivity index (χ0n) is 4.25. The zero-order chi connectivity index (χ0) is 5.70. The average Bonchev–Trinajstić information content (AvgIpc) is 1.72. The molecule has 0 nitrogen and oxygen atoms in total. The monoisotopic (exact) mass is 514 g/mol. The van der Waals surface area contributed by atoms with Crippen molar-refractivity contribution in [2.24, 2.45) is 0 Å². The molecule has 0 heterocycles. The molecule has 0 N–H and O–H groups in total. The Hall–Kier alpha value is 2.19. The van der Waals surface area contributed by atoms with Crippen molar-refractivity contribution in [1.82, 2.24) is 0 Å². The van der Waals surface area contributed by atoms with Crippen LogP contribution in [0.5, 0.6) is 0 Å². The van der Waals surface area contributed by atoms with E-state index in [0.717, 1.165) is 0 Å². The molecule has 0 aromatic heterocycles. The van der Waals surface area contributed by atoms with Gasteiger partial charge in [0.25, 0.3) is 0 Å². The van der Waals surface area contributed by atoms with Crippen molar-refractivity contribution in [2.45, 2.75) is 6.92 Å². The Morgan fingerprint density at radius 1 is 1.43 bits per heavy atom. The van der Waals surface area contributed by atoms with Crippen molar-refractivity contribution in [1.29, 1.82) is 0 Å². The second kappa shape index (κ2) is 6.31. The first-order chi connectivity index (χ1) is 3.35. The molecule has 0 aromatic rings. The molecule has 0 spiro atoms. The van der Waals surface area contributed by atoms with E-state index in [-0.39, 0.29) is 0 Å². The first kappa shape index (κ1) is 9.19. The van der Waals surface area contributed by atoms with Crippen LogP contribution < -0.4 is 0 Å². The van der Waals surface area contributed by atoms with Crippen LogP contribution in [0.1, 0.15) is 6.92 Å². The summed E-state index contributed by atoms with van der Waals surface area (Å²) < 4.78 is 1.53. The van der Waals surface area contributed by atoms with Gasteiger partial charge in [-0.25, -0.2) is 0 Å². The summed E-state index contributed by atoms with van der Waals surface area (Å²) in [5.74, 6) is 0. The van der Waals surface area contributed by atoms with E-state index in [9.17, 15) is 0 Å². The van der Waals surface area contributed by atoms with Crippen LogP contribution in [0.4, 0.5) is 0 Å². The molecule has 0 radical (unpaired) electrons. The summed E-state index contributed by atoms with van der Waals surface area (Å²) in [4.78, 5) is 0. The number of hydrogen-bond donors (Lipinski definition) is 0. The van der Waals surface area contributed by atoms with Crippen LogP contribution in [0.25, 0.3) is 0 Å². The van der Waals surface area contributed by atoms with Gasteiger partial charge in [0.15, 0.2) is 0 Å². The van der Waals surface area contributed by atoms with E-state index in [1.54, 1.807) is 0 Å². The molecule has 34 valence electrons. The van der Waals surface area contributed by atoms with Crippen molar-refractivity contribution in [2.75, 3.05) is 0 Å². The molecule has 0 aliphatic rings. The third-order valence-corrected chi connectivity index (χ3v) is 51.3. The van der Waals surface area contributed by atoms with Crippen molar-refractivity contribution >= 4 is 16.5 Å². The number of hydrogen-bond acceptors (Lipinski definition) is 0. The van der Waals surface area contributed by atoms with Crippen LogP contribution in [-0.2, 0) is 46.7 Å². The minimum atomic E-state index is -0.988. The second-order valence-electron chi connectivity index (χ2n) is 1.21. The van der Waals surface area contributed by atoms with Gasteiger partial charge in [0, 0.05) is 0 Å². The Morgan fingerprint density at radius 3 is 1.86 bits per heavy atom. The molecule has 7 heavy (non-hydrogen) atoms. The molecule has 0 amide bonds. The minimum absolute atomic E-state index is 0.988. The molecule has 0 rings (SSSR count). The zero-order valence-corrected chi connectivity index (χ0v) is 16.8. The maximum absolute atomic E-state index is 5.69. The fourth-order valence-corrected chi connectivity index (χ4v) is 28.8. The third-order valence-electron chi connectivity index (χ3n) is 0.752. The summed E-state index contributed by atoms with van der Waals surface area (Å²) in [6.45, 7) is 2.04. The summed E-state index contributed by atoms with van der Waals surface area (Å²) in [5.41, 5.74) is 0. The normalized spacial score (nSPS) is 6.14. The molecule has 0 fully saturated rings. The molecule has 0 bridgehead atoms. The molecule has 0 unspecified atom stereocenters. The fourth-order valence-electron chi connectivity index (χ4n) is 0.190. The van der Waals surface area contributed by atoms with Gasteiger partial charge in [0.2, 0.25) is 0 Å². The van der Waals surface area contributed by atoms with Crippen molar-refractivity contribution in [3.8, 4) is 0 Å². The van der Waals surface area contributed by atoms with Crippen molar-refractivity contribution < 1.29 is 46.7 Å².